The molecule has 13 heteroatoms. The van der Waals surface area contributed by atoms with Crippen LogP contribution >= 0.6 is 0 Å². The van der Waals surface area contributed by atoms with Gasteiger partial charge in [0.05, 0.1) is 31.2 Å². The highest BCUT2D eigenvalue weighted by Gasteiger charge is 2.39. The molecule has 1 N–H and O–H groups in total. The van der Waals surface area contributed by atoms with Crippen LogP contribution in [0.25, 0.3) is 0 Å². The van der Waals surface area contributed by atoms with E-state index in [1.54, 1.807) is 20.8 Å². The van der Waals surface area contributed by atoms with E-state index < -0.39 is 53.2 Å². The molecule has 3 amide bonds. The molecule has 1 aromatic rings. The monoisotopic (exact) mass is 508 g/mol. The predicted molar refractivity (Wildman–Crippen MR) is 125 cm³/mol. The fourth-order valence-corrected chi connectivity index (χ4v) is 3.27. The minimum Gasteiger partial charge on any atom is -0.468 e. The van der Waals surface area contributed by atoms with Crippen LogP contribution in [0.15, 0.2) is 47.3 Å². The number of aromatic nitrogens is 2. The van der Waals surface area contributed by atoms with Gasteiger partial charge in [0, 0.05) is 18.7 Å². The van der Waals surface area contributed by atoms with Gasteiger partial charge >= 0.3 is 12.1 Å². The van der Waals surface area contributed by atoms with Crippen molar-refractivity contribution < 1.29 is 32.2 Å². The first-order chi connectivity index (χ1) is 16.8. The molecular formula is C23H27F3N6O4. The Labute approximate surface area is 206 Å². The maximum absolute atomic E-state index is 14.1. The van der Waals surface area contributed by atoms with Gasteiger partial charge in [-0.25, -0.2) is 28.4 Å². The lowest BCUT2D eigenvalue weighted by molar-refractivity contribution is 0.0246. The number of likely N-dealkylation sites (tertiary alicyclic amines) is 1. The van der Waals surface area contributed by atoms with E-state index in [0.717, 1.165) is 24.2 Å². The van der Waals surface area contributed by atoms with Crippen LogP contribution in [0.3, 0.4) is 0 Å². The second-order valence-corrected chi connectivity index (χ2v) is 9.13. The first-order valence-corrected chi connectivity index (χ1v) is 11.0. The number of carbonyl (C=O) groups is 2. The van der Waals surface area contributed by atoms with Crippen LogP contribution in [0.4, 0.5) is 28.7 Å². The number of rotatable bonds is 6. The van der Waals surface area contributed by atoms with Gasteiger partial charge in [-0.15, -0.1) is 0 Å². The summed E-state index contributed by atoms with van der Waals surface area (Å²) >= 11 is 0. The molecule has 0 aromatic carbocycles. The van der Waals surface area contributed by atoms with E-state index in [9.17, 15) is 22.8 Å². The van der Waals surface area contributed by atoms with Crippen LogP contribution < -0.4 is 10.1 Å². The lowest BCUT2D eigenvalue weighted by Gasteiger charge is -2.40. The molecule has 10 nitrogen and oxygen atoms in total. The molecule has 3 heterocycles. The molecule has 36 heavy (non-hydrogen) atoms. The van der Waals surface area contributed by atoms with E-state index in [0.29, 0.717) is 12.5 Å². The number of urea groups is 1. The summed E-state index contributed by atoms with van der Waals surface area (Å²) in [7, 11) is 0. The number of hydrogen-bond donors (Lipinski definition) is 1. The summed E-state index contributed by atoms with van der Waals surface area (Å²) in [5.41, 5.74) is -0.498. The number of amides is 3. The largest absolute Gasteiger partial charge is 0.468 e. The number of nitrogens with zero attached hydrogens (tertiary/aromatic N) is 5. The minimum atomic E-state index is -0.846. The van der Waals surface area contributed by atoms with E-state index in [1.807, 2.05) is 0 Å². The Kier molecular flexibility index (Phi) is 8.00. The standard InChI is InChI=1S/C23H27F3N6O4/c1-13(8-15(25)9-14(2)24)18-6-7-28-32(18)22(34)31-11-16(12-31)35-19-17(26)10-27-20(29-19)30-21(33)36-23(3,4)5/h7-10,16,18H,1,6,11-12H2,2-5H3,(H,27,29,30,33)/b14-9+,15-8+/t18-/m0/s1. The van der Waals surface area contributed by atoms with Gasteiger partial charge in [0.15, 0.2) is 0 Å². The molecular weight excluding hydrogens is 481 g/mol. The van der Waals surface area contributed by atoms with Gasteiger partial charge in [0.25, 0.3) is 5.88 Å². The summed E-state index contributed by atoms with van der Waals surface area (Å²) in [6.07, 6.45) is 3.04. The zero-order valence-electron chi connectivity index (χ0n) is 20.3. The number of anilines is 1. The average Bonchev–Trinajstić information content (AvgIpc) is 3.20. The van der Waals surface area contributed by atoms with Gasteiger partial charge in [-0.1, -0.05) is 6.58 Å². The number of hydrazone groups is 1. The fraction of sp³-hybridized carbons (Fsp3) is 0.435. The number of nitrogens with one attached hydrogen (secondary N) is 1. The third kappa shape index (κ3) is 7.06. The molecule has 3 rings (SSSR count). The first-order valence-electron chi connectivity index (χ1n) is 11.0. The van der Waals surface area contributed by atoms with Crippen molar-refractivity contribution in [1.82, 2.24) is 19.9 Å². The third-order valence-electron chi connectivity index (χ3n) is 4.84. The van der Waals surface area contributed by atoms with Crippen molar-refractivity contribution in [2.24, 2.45) is 5.10 Å². The van der Waals surface area contributed by atoms with Crippen LogP contribution in [0.2, 0.25) is 0 Å². The van der Waals surface area contributed by atoms with Crippen LogP contribution in [0, 0.1) is 5.82 Å². The number of halogens is 3. The van der Waals surface area contributed by atoms with Gasteiger partial charge in [0.1, 0.15) is 17.5 Å². The van der Waals surface area contributed by atoms with Crippen molar-refractivity contribution in [3.63, 3.8) is 0 Å². The lowest BCUT2D eigenvalue weighted by atomic mass is 10.1. The number of carbonyl (C=O) groups excluding carboxylic acids is 2. The van der Waals surface area contributed by atoms with Crippen molar-refractivity contribution in [3.05, 3.63) is 48.0 Å². The third-order valence-corrected chi connectivity index (χ3v) is 4.84. The number of hydrogen-bond acceptors (Lipinski definition) is 7. The first kappa shape index (κ1) is 26.7. The molecule has 2 aliphatic heterocycles. The molecule has 2 aliphatic rings. The molecule has 0 radical (unpaired) electrons. The Balaban J connectivity index is 1.56. The highest BCUT2D eigenvalue weighted by molar-refractivity contribution is 5.82. The maximum atomic E-state index is 14.1. The number of allylic oxidation sites excluding steroid dienone is 3. The summed E-state index contributed by atoms with van der Waals surface area (Å²) in [4.78, 5) is 33.7. The predicted octanol–water partition coefficient (Wildman–Crippen LogP) is 4.49. The smallest absolute Gasteiger partial charge is 0.414 e. The Morgan fingerprint density at radius 2 is 1.94 bits per heavy atom. The summed E-state index contributed by atoms with van der Waals surface area (Å²) in [5, 5.41) is 7.49. The molecule has 1 saturated heterocycles. The fourth-order valence-electron chi connectivity index (χ4n) is 3.27. The van der Waals surface area contributed by atoms with E-state index >= 15 is 0 Å². The van der Waals surface area contributed by atoms with E-state index in [2.05, 4.69) is 27.0 Å². The molecule has 1 fully saturated rings. The van der Waals surface area contributed by atoms with Crippen molar-refractivity contribution in [1.29, 1.82) is 0 Å². The van der Waals surface area contributed by atoms with Crippen LogP contribution in [0.5, 0.6) is 5.88 Å². The maximum Gasteiger partial charge on any atom is 0.414 e. The lowest BCUT2D eigenvalue weighted by Crippen LogP contribution is -2.59. The molecule has 0 aliphatic carbocycles. The zero-order chi connectivity index (χ0) is 26.6. The summed E-state index contributed by atoms with van der Waals surface area (Å²) in [5.74, 6) is -2.98. The van der Waals surface area contributed by atoms with Crippen molar-refractivity contribution >= 4 is 24.3 Å². The SMILES string of the molecule is C=C(/C=C(F)\C=C(/C)F)[C@@H]1CC=NN1C(=O)N1CC(Oc2nc(NC(=O)OC(C)(C)C)ncc2F)C1. The van der Waals surface area contributed by atoms with Crippen molar-refractivity contribution in [3.8, 4) is 5.88 Å². The quantitative estimate of drug-likeness (QED) is 0.567. The molecule has 0 spiro atoms. The van der Waals surface area contributed by atoms with E-state index in [4.69, 9.17) is 9.47 Å². The van der Waals surface area contributed by atoms with E-state index in [1.165, 1.54) is 11.1 Å². The highest BCUT2D eigenvalue weighted by Crippen LogP contribution is 2.26. The second kappa shape index (κ2) is 10.8. The molecule has 0 saturated carbocycles. The Bertz CT molecular complexity index is 1120. The Morgan fingerprint density at radius 1 is 1.25 bits per heavy atom. The summed E-state index contributed by atoms with van der Waals surface area (Å²) in [6.45, 7) is 10.1. The van der Waals surface area contributed by atoms with Gasteiger partial charge in [0.2, 0.25) is 11.8 Å². The van der Waals surface area contributed by atoms with Crippen molar-refractivity contribution in [2.75, 3.05) is 18.4 Å². The van der Waals surface area contributed by atoms with E-state index in [-0.39, 0.29) is 24.6 Å². The topological polar surface area (TPSA) is 109 Å². The highest BCUT2D eigenvalue weighted by atomic mass is 19.1. The number of ether oxygens (including phenoxy) is 2. The molecule has 0 bridgehead atoms. The zero-order valence-corrected chi connectivity index (χ0v) is 20.3. The minimum absolute atomic E-state index is 0.107. The van der Waals surface area contributed by atoms with Crippen LogP contribution in [-0.4, -0.2) is 69.1 Å². The van der Waals surface area contributed by atoms with Gasteiger partial charge in [-0.05, 0) is 39.3 Å². The molecule has 1 atom stereocenters. The van der Waals surface area contributed by atoms with Crippen LogP contribution in [0.1, 0.15) is 34.1 Å². The normalized spacial score (nSPS) is 18.7. The van der Waals surface area contributed by atoms with Gasteiger partial charge in [-0.3, -0.25) is 5.32 Å². The molecule has 1 aromatic heterocycles. The average molecular weight is 509 g/mol. The second-order valence-electron chi connectivity index (χ2n) is 9.13. The van der Waals surface area contributed by atoms with Gasteiger partial charge < -0.3 is 14.4 Å². The summed E-state index contributed by atoms with van der Waals surface area (Å²) in [6, 6.07) is -1.10. The Hall–Kier alpha value is -3.90. The van der Waals surface area contributed by atoms with Gasteiger partial charge in [-0.2, -0.15) is 14.5 Å². The van der Waals surface area contributed by atoms with Crippen LogP contribution in [-0.2, 0) is 4.74 Å². The molecule has 194 valence electrons. The summed E-state index contributed by atoms with van der Waals surface area (Å²) < 4.78 is 51.5. The Morgan fingerprint density at radius 3 is 2.58 bits per heavy atom. The molecule has 0 unspecified atom stereocenters. The van der Waals surface area contributed by atoms with Crippen molar-refractivity contribution in [2.45, 2.75) is 51.9 Å².